The number of nitrogens with zero attached hydrogens (tertiary/aromatic N) is 1. The predicted octanol–water partition coefficient (Wildman–Crippen LogP) is 6.24. The molecule has 3 atom stereocenters. The molecule has 4 rings (SSSR count). The Morgan fingerprint density at radius 1 is 1.17 bits per heavy atom. The summed E-state index contributed by atoms with van der Waals surface area (Å²) in [5.74, 6) is 1.27. The highest BCUT2D eigenvalue weighted by atomic mass is 35.5. The number of benzene rings is 2. The van der Waals surface area contributed by atoms with Gasteiger partial charge in [0.25, 0.3) is 5.91 Å². The van der Waals surface area contributed by atoms with Crippen LogP contribution in [0.1, 0.15) is 38.2 Å². The van der Waals surface area contributed by atoms with Crippen LogP contribution in [0.2, 0.25) is 5.02 Å². The molecule has 30 heavy (non-hydrogen) atoms. The van der Waals surface area contributed by atoms with Crippen molar-refractivity contribution in [1.29, 1.82) is 0 Å². The molecule has 158 valence electrons. The van der Waals surface area contributed by atoms with E-state index in [1.165, 1.54) is 19.3 Å². The molecule has 2 aromatic carbocycles. The quantitative estimate of drug-likeness (QED) is 0.556. The van der Waals surface area contributed by atoms with Gasteiger partial charge in [0.1, 0.15) is 5.75 Å². The van der Waals surface area contributed by atoms with Crippen molar-refractivity contribution in [3.05, 3.63) is 64.0 Å². The number of hydrogen-bond donors (Lipinski definition) is 1. The Hall–Kier alpha value is -2.11. The van der Waals surface area contributed by atoms with Gasteiger partial charge in [-0.1, -0.05) is 61.3 Å². The van der Waals surface area contributed by atoms with E-state index < -0.39 is 0 Å². The Balaban J connectivity index is 1.68. The first-order valence-electron chi connectivity index (χ1n) is 10.4. The van der Waals surface area contributed by atoms with E-state index in [4.69, 9.17) is 16.3 Å². The van der Waals surface area contributed by atoms with Gasteiger partial charge in [0.2, 0.25) is 0 Å². The van der Waals surface area contributed by atoms with Crippen molar-refractivity contribution in [1.82, 2.24) is 4.90 Å². The predicted molar refractivity (Wildman–Crippen MR) is 126 cm³/mol. The summed E-state index contributed by atoms with van der Waals surface area (Å²) in [6.45, 7) is 2.27. The summed E-state index contributed by atoms with van der Waals surface area (Å²) in [7, 11) is 1.63. The molecule has 4 nitrogen and oxygen atoms in total. The monoisotopic (exact) mass is 442 g/mol. The molecule has 0 spiro atoms. The van der Waals surface area contributed by atoms with E-state index >= 15 is 0 Å². The number of rotatable bonds is 5. The minimum atomic E-state index is -0.137. The van der Waals surface area contributed by atoms with Crippen LogP contribution >= 0.6 is 23.4 Å². The molecule has 2 aliphatic rings. The fraction of sp³-hybridized carbons (Fsp3) is 0.375. The third-order valence-electron chi connectivity index (χ3n) is 5.90. The van der Waals surface area contributed by atoms with Gasteiger partial charge in [0, 0.05) is 22.3 Å². The summed E-state index contributed by atoms with van der Waals surface area (Å²) in [6, 6.07) is 15.8. The lowest BCUT2D eigenvalue weighted by Gasteiger charge is -2.39. The lowest BCUT2D eigenvalue weighted by atomic mass is 9.85. The summed E-state index contributed by atoms with van der Waals surface area (Å²) in [4.78, 5) is 16.3. The van der Waals surface area contributed by atoms with Gasteiger partial charge in [-0.05, 0) is 55.2 Å². The second-order valence-electron chi connectivity index (χ2n) is 7.92. The molecule has 2 aromatic rings. The van der Waals surface area contributed by atoms with Gasteiger partial charge in [0.15, 0.2) is 5.50 Å². The Kier molecular flexibility index (Phi) is 6.59. The van der Waals surface area contributed by atoms with Crippen molar-refractivity contribution in [3.63, 3.8) is 0 Å². The fourth-order valence-corrected chi connectivity index (χ4v) is 5.71. The van der Waals surface area contributed by atoms with Crippen molar-refractivity contribution in [2.45, 2.75) is 44.1 Å². The number of anilines is 1. The topological polar surface area (TPSA) is 41.6 Å². The number of carbonyl (C=O) groups excluding carboxylic acids is 1. The summed E-state index contributed by atoms with van der Waals surface area (Å²) in [5, 5.41) is 4.19. The number of para-hydroxylation sites is 1. The van der Waals surface area contributed by atoms with Gasteiger partial charge in [-0.15, -0.1) is 0 Å². The fourth-order valence-electron chi connectivity index (χ4n) is 4.33. The third kappa shape index (κ3) is 4.47. The first kappa shape index (κ1) is 21.1. The van der Waals surface area contributed by atoms with Gasteiger partial charge in [0.05, 0.1) is 12.0 Å². The number of methoxy groups -OCH3 is 1. The molecule has 0 bridgehead atoms. The number of carbonyl (C=O) groups is 1. The average Bonchev–Trinajstić information content (AvgIpc) is 3.04. The standard InChI is InChI=1S/C24H27ClN2O2S/c1-16-8-6-7-11-20(16)27-23(28)22(15-17-14-18(25)12-13-21(17)29-2)30-24(27)26-19-9-4-3-5-10-19/h3-5,9-10,12-16,20,24,26H,6-8,11H2,1-2H3/b22-15-/t16-,20+,24?/m0/s1. The van der Waals surface area contributed by atoms with Gasteiger partial charge >= 0.3 is 0 Å². The SMILES string of the molecule is COc1ccc(Cl)cc1/C=C1\SC(Nc2ccccc2)N([C@@H]2CCCC[C@@H]2C)C1=O. The van der Waals surface area contributed by atoms with Crippen LogP contribution in [0.25, 0.3) is 6.08 Å². The average molecular weight is 443 g/mol. The summed E-state index contributed by atoms with van der Waals surface area (Å²) in [6.07, 6.45) is 6.53. The molecule has 1 saturated carbocycles. The Bertz CT molecular complexity index is 934. The summed E-state index contributed by atoms with van der Waals surface area (Å²) >= 11 is 7.77. The first-order chi connectivity index (χ1) is 14.6. The molecule has 1 N–H and O–H groups in total. The van der Waals surface area contributed by atoms with Crippen LogP contribution < -0.4 is 10.1 Å². The van der Waals surface area contributed by atoms with E-state index in [0.717, 1.165) is 17.7 Å². The highest BCUT2D eigenvalue weighted by Crippen LogP contribution is 2.42. The number of halogens is 1. The zero-order valence-corrected chi connectivity index (χ0v) is 18.9. The smallest absolute Gasteiger partial charge is 0.262 e. The second-order valence-corrected chi connectivity index (χ2v) is 9.48. The zero-order chi connectivity index (χ0) is 21.1. The molecule has 1 aliphatic carbocycles. The van der Waals surface area contributed by atoms with Crippen LogP contribution in [0.3, 0.4) is 0 Å². The molecule has 1 heterocycles. The van der Waals surface area contributed by atoms with Gasteiger partial charge in [-0.25, -0.2) is 0 Å². The van der Waals surface area contributed by atoms with Gasteiger partial charge in [-0.3, -0.25) is 4.79 Å². The maximum Gasteiger partial charge on any atom is 0.262 e. The normalized spacial score (nSPS) is 25.6. The minimum Gasteiger partial charge on any atom is -0.496 e. The van der Waals surface area contributed by atoms with Crippen molar-refractivity contribution in [3.8, 4) is 5.75 Å². The van der Waals surface area contributed by atoms with E-state index in [9.17, 15) is 4.79 Å². The second kappa shape index (κ2) is 9.36. The van der Waals surface area contributed by atoms with E-state index in [1.54, 1.807) is 24.9 Å². The molecule has 6 heteroatoms. The number of hydrogen-bond acceptors (Lipinski definition) is 4. The molecular formula is C24H27ClN2O2S. The molecular weight excluding hydrogens is 416 g/mol. The minimum absolute atomic E-state index is 0.0780. The summed E-state index contributed by atoms with van der Waals surface area (Å²) in [5.41, 5.74) is 1.69. The molecule has 1 aliphatic heterocycles. The lowest BCUT2D eigenvalue weighted by molar-refractivity contribution is -0.129. The first-order valence-corrected chi connectivity index (χ1v) is 11.7. The van der Waals surface area contributed by atoms with Crippen molar-refractivity contribution in [2.75, 3.05) is 12.4 Å². The van der Waals surface area contributed by atoms with E-state index in [-0.39, 0.29) is 17.4 Å². The molecule has 1 amide bonds. The number of amides is 1. The Labute approximate surface area is 187 Å². The maximum absolute atomic E-state index is 13.6. The van der Waals surface area contributed by atoms with Crippen molar-refractivity contribution in [2.24, 2.45) is 5.92 Å². The number of nitrogens with one attached hydrogen (secondary N) is 1. The van der Waals surface area contributed by atoms with Gasteiger partial charge < -0.3 is 15.0 Å². The van der Waals surface area contributed by atoms with E-state index in [1.807, 2.05) is 48.5 Å². The van der Waals surface area contributed by atoms with Crippen LogP contribution in [-0.2, 0) is 4.79 Å². The van der Waals surface area contributed by atoms with E-state index in [0.29, 0.717) is 21.6 Å². The van der Waals surface area contributed by atoms with Crippen LogP contribution in [0.5, 0.6) is 5.75 Å². The molecule has 2 fully saturated rings. The van der Waals surface area contributed by atoms with Crippen LogP contribution in [0.15, 0.2) is 53.4 Å². The maximum atomic E-state index is 13.6. The molecule has 0 radical (unpaired) electrons. The number of thioether (sulfide) groups is 1. The molecule has 1 unspecified atom stereocenters. The molecule has 1 saturated heterocycles. The Morgan fingerprint density at radius 3 is 2.67 bits per heavy atom. The number of ether oxygens (including phenoxy) is 1. The third-order valence-corrected chi connectivity index (χ3v) is 7.25. The highest BCUT2D eigenvalue weighted by Gasteiger charge is 2.43. The zero-order valence-electron chi connectivity index (χ0n) is 17.3. The Morgan fingerprint density at radius 2 is 1.93 bits per heavy atom. The molecule has 0 aromatic heterocycles. The largest absolute Gasteiger partial charge is 0.496 e. The van der Waals surface area contributed by atoms with Crippen LogP contribution in [0, 0.1) is 5.92 Å². The van der Waals surface area contributed by atoms with Crippen LogP contribution in [0.4, 0.5) is 5.69 Å². The lowest BCUT2D eigenvalue weighted by Crippen LogP contribution is -2.48. The highest BCUT2D eigenvalue weighted by molar-refractivity contribution is 8.05. The van der Waals surface area contributed by atoms with Crippen LogP contribution in [-0.4, -0.2) is 29.5 Å². The van der Waals surface area contributed by atoms with Gasteiger partial charge in [-0.2, -0.15) is 0 Å². The van der Waals surface area contributed by atoms with E-state index in [2.05, 4.69) is 17.1 Å². The summed E-state index contributed by atoms with van der Waals surface area (Å²) < 4.78 is 5.48. The van der Waals surface area contributed by atoms with Crippen molar-refractivity contribution >= 4 is 41.0 Å². The van der Waals surface area contributed by atoms with Crippen molar-refractivity contribution < 1.29 is 9.53 Å².